The summed E-state index contributed by atoms with van der Waals surface area (Å²) < 4.78 is 5.09. The molecule has 27 heavy (non-hydrogen) atoms. The van der Waals surface area contributed by atoms with E-state index in [4.69, 9.17) is 27.9 Å². The summed E-state index contributed by atoms with van der Waals surface area (Å²) in [7, 11) is 1.58. The Morgan fingerprint density at radius 2 is 1.48 bits per heavy atom. The molecule has 2 aromatic carbocycles. The Kier molecular flexibility index (Phi) is 7.91. The summed E-state index contributed by atoms with van der Waals surface area (Å²) in [4.78, 5) is 25.3. The molecule has 0 saturated carbocycles. The van der Waals surface area contributed by atoms with Crippen LogP contribution in [0.1, 0.15) is 6.92 Å². The normalized spacial score (nSPS) is 11.6. The number of carbonyl (C=O) groups is 2. The SMILES string of the molecule is CC[NH+](CC(=O)Nc1ccc(OC)cc1)CC(=O)Nc1ccc(Cl)c(Cl)c1. The first kappa shape index (κ1) is 21.0. The molecule has 2 rings (SSSR count). The Labute approximate surface area is 168 Å². The first-order valence-corrected chi connectivity index (χ1v) is 9.19. The van der Waals surface area contributed by atoms with Gasteiger partial charge in [-0.15, -0.1) is 0 Å². The molecule has 8 heteroatoms. The fourth-order valence-corrected chi connectivity index (χ4v) is 2.72. The average Bonchev–Trinajstić information content (AvgIpc) is 2.64. The van der Waals surface area contributed by atoms with Gasteiger partial charge in [0.25, 0.3) is 11.8 Å². The summed E-state index contributed by atoms with van der Waals surface area (Å²) in [6.07, 6.45) is 0. The minimum Gasteiger partial charge on any atom is -0.497 e. The van der Waals surface area contributed by atoms with Gasteiger partial charge in [-0.1, -0.05) is 23.2 Å². The summed E-state index contributed by atoms with van der Waals surface area (Å²) in [6, 6.07) is 11.9. The Hall–Kier alpha value is -2.28. The van der Waals surface area contributed by atoms with Crippen LogP contribution >= 0.6 is 23.2 Å². The summed E-state index contributed by atoms with van der Waals surface area (Å²) in [5.74, 6) is 0.342. The van der Waals surface area contributed by atoms with E-state index in [1.54, 1.807) is 49.6 Å². The van der Waals surface area contributed by atoms with Crippen LogP contribution in [0, 0.1) is 0 Å². The standard InChI is InChI=1S/C19H21Cl2N3O3/c1-3-24(11-18(25)22-13-4-7-15(27-2)8-5-13)12-19(26)23-14-6-9-16(20)17(21)10-14/h4-10H,3,11-12H2,1-2H3,(H,22,25)(H,23,26)/p+1. The second-order valence-corrected chi connectivity index (χ2v) is 6.73. The zero-order valence-corrected chi connectivity index (χ0v) is 16.7. The molecule has 2 aromatic rings. The van der Waals surface area contributed by atoms with Gasteiger partial charge in [-0.25, -0.2) is 0 Å². The molecule has 0 spiro atoms. The predicted molar refractivity (Wildman–Crippen MR) is 108 cm³/mol. The monoisotopic (exact) mass is 410 g/mol. The van der Waals surface area contributed by atoms with Crippen molar-refractivity contribution in [2.45, 2.75) is 6.92 Å². The molecular weight excluding hydrogens is 389 g/mol. The van der Waals surface area contributed by atoms with Crippen molar-refractivity contribution in [3.05, 3.63) is 52.5 Å². The molecule has 0 aromatic heterocycles. The van der Waals surface area contributed by atoms with Crippen LogP contribution in [0.2, 0.25) is 10.0 Å². The van der Waals surface area contributed by atoms with Crippen molar-refractivity contribution in [1.29, 1.82) is 0 Å². The van der Waals surface area contributed by atoms with Crippen LogP contribution < -0.4 is 20.3 Å². The highest BCUT2D eigenvalue weighted by atomic mass is 35.5. The van der Waals surface area contributed by atoms with Gasteiger partial charge < -0.3 is 20.3 Å². The lowest BCUT2D eigenvalue weighted by Crippen LogP contribution is -3.13. The summed E-state index contributed by atoms with van der Waals surface area (Å²) in [5, 5.41) is 6.37. The number of nitrogens with one attached hydrogen (secondary N) is 3. The van der Waals surface area contributed by atoms with E-state index < -0.39 is 0 Å². The van der Waals surface area contributed by atoms with Gasteiger partial charge in [0, 0.05) is 11.4 Å². The Morgan fingerprint density at radius 1 is 0.926 bits per heavy atom. The molecule has 3 N–H and O–H groups in total. The van der Waals surface area contributed by atoms with Gasteiger partial charge in [0.2, 0.25) is 0 Å². The lowest BCUT2D eigenvalue weighted by Gasteiger charge is -2.17. The first-order valence-electron chi connectivity index (χ1n) is 8.43. The van der Waals surface area contributed by atoms with Crippen LogP contribution in [0.25, 0.3) is 0 Å². The van der Waals surface area contributed by atoms with Crippen LogP contribution in [0.3, 0.4) is 0 Å². The van der Waals surface area contributed by atoms with Crippen molar-refractivity contribution in [2.75, 3.05) is 37.4 Å². The molecule has 0 aliphatic heterocycles. The summed E-state index contributed by atoms with van der Waals surface area (Å²) >= 11 is 11.8. The number of amides is 2. The maximum absolute atomic E-state index is 12.2. The second kappa shape index (κ2) is 10.2. The smallest absolute Gasteiger partial charge is 0.279 e. The van der Waals surface area contributed by atoms with Gasteiger partial charge in [-0.2, -0.15) is 0 Å². The minimum absolute atomic E-state index is 0.160. The summed E-state index contributed by atoms with van der Waals surface area (Å²) in [6.45, 7) is 2.89. The number of likely N-dealkylation sites (N-methyl/N-ethyl adjacent to an activating group) is 1. The van der Waals surface area contributed by atoms with E-state index in [9.17, 15) is 9.59 Å². The van der Waals surface area contributed by atoms with Gasteiger partial charge in [0.15, 0.2) is 13.1 Å². The van der Waals surface area contributed by atoms with Gasteiger partial charge >= 0.3 is 0 Å². The number of benzene rings is 2. The molecule has 0 radical (unpaired) electrons. The average molecular weight is 411 g/mol. The number of hydrogen-bond donors (Lipinski definition) is 3. The number of quaternary nitrogens is 1. The molecule has 2 amide bonds. The van der Waals surface area contributed by atoms with Crippen molar-refractivity contribution in [1.82, 2.24) is 0 Å². The third-order valence-electron chi connectivity index (χ3n) is 3.90. The van der Waals surface area contributed by atoms with Crippen LogP contribution in [-0.4, -0.2) is 38.6 Å². The molecular formula is C19H22Cl2N3O3+. The van der Waals surface area contributed by atoms with Crippen molar-refractivity contribution in [2.24, 2.45) is 0 Å². The fraction of sp³-hybridized carbons (Fsp3) is 0.263. The van der Waals surface area contributed by atoms with Crippen LogP contribution in [0.4, 0.5) is 11.4 Å². The molecule has 0 fully saturated rings. The fourth-order valence-electron chi connectivity index (χ4n) is 2.43. The highest BCUT2D eigenvalue weighted by Gasteiger charge is 2.17. The second-order valence-electron chi connectivity index (χ2n) is 5.91. The van der Waals surface area contributed by atoms with Gasteiger partial charge in [0.1, 0.15) is 5.75 Å². The molecule has 0 bridgehead atoms. The van der Waals surface area contributed by atoms with E-state index in [-0.39, 0.29) is 24.9 Å². The van der Waals surface area contributed by atoms with Crippen LogP contribution in [0.15, 0.2) is 42.5 Å². The molecule has 0 aliphatic rings. The van der Waals surface area contributed by atoms with Crippen molar-refractivity contribution >= 4 is 46.4 Å². The number of halogens is 2. The van der Waals surface area contributed by atoms with E-state index in [1.807, 2.05) is 6.92 Å². The maximum atomic E-state index is 12.2. The van der Waals surface area contributed by atoms with E-state index in [0.29, 0.717) is 33.7 Å². The zero-order chi connectivity index (χ0) is 19.8. The molecule has 1 atom stereocenters. The Balaban J connectivity index is 1.86. The molecule has 0 heterocycles. The molecule has 0 saturated heterocycles. The summed E-state index contributed by atoms with van der Waals surface area (Å²) in [5.41, 5.74) is 1.24. The van der Waals surface area contributed by atoms with Crippen molar-refractivity contribution in [3.63, 3.8) is 0 Å². The lowest BCUT2D eigenvalue weighted by molar-refractivity contribution is -0.881. The third-order valence-corrected chi connectivity index (χ3v) is 4.64. The molecule has 6 nitrogen and oxygen atoms in total. The van der Waals surface area contributed by atoms with E-state index in [0.717, 1.165) is 4.90 Å². The highest BCUT2D eigenvalue weighted by molar-refractivity contribution is 6.42. The maximum Gasteiger partial charge on any atom is 0.279 e. The number of anilines is 2. The van der Waals surface area contributed by atoms with Crippen LogP contribution in [-0.2, 0) is 9.59 Å². The van der Waals surface area contributed by atoms with E-state index in [1.165, 1.54) is 0 Å². The minimum atomic E-state index is -0.206. The Morgan fingerprint density at radius 3 is 2.00 bits per heavy atom. The largest absolute Gasteiger partial charge is 0.497 e. The van der Waals surface area contributed by atoms with Gasteiger partial charge in [-0.3, -0.25) is 9.59 Å². The molecule has 1 unspecified atom stereocenters. The predicted octanol–water partition coefficient (Wildman–Crippen LogP) is 2.48. The molecule has 144 valence electrons. The van der Waals surface area contributed by atoms with Gasteiger partial charge in [-0.05, 0) is 49.4 Å². The highest BCUT2D eigenvalue weighted by Crippen LogP contribution is 2.24. The number of ether oxygens (including phenoxy) is 1. The lowest BCUT2D eigenvalue weighted by atomic mass is 10.3. The van der Waals surface area contributed by atoms with E-state index >= 15 is 0 Å². The van der Waals surface area contributed by atoms with E-state index in [2.05, 4.69) is 10.6 Å². The number of rotatable bonds is 8. The number of hydrogen-bond acceptors (Lipinski definition) is 3. The topological polar surface area (TPSA) is 71.9 Å². The van der Waals surface area contributed by atoms with Crippen LogP contribution in [0.5, 0.6) is 5.75 Å². The van der Waals surface area contributed by atoms with Gasteiger partial charge in [0.05, 0.1) is 23.7 Å². The number of methoxy groups -OCH3 is 1. The quantitative estimate of drug-likeness (QED) is 0.625. The third kappa shape index (κ3) is 6.75. The van der Waals surface area contributed by atoms with Crippen molar-refractivity contribution in [3.8, 4) is 5.75 Å². The Bertz CT molecular complexity index is 797. The molecule has 0 aliphatic carbocycles. The number of carbonyl (C=O) groups excluding carboxylic acids is 2. The zero-order valence-electron chi connectivity index (χ0n) is 15.1. The first-order chi connectivity index (χ1) is 12.9. The van der Waals surface area contributed by atoms with Crippen molar-refractivity contribution < 1.29 is 19.2 Å².